The maximum absolute atomic E-state index is 13.0. The van der Waals surface area contributed by atoms with Gasteiger partial charge in [0.15, 0.2) is 0 Å². The normalized spacial score (nSPS) is 12.3. The predicted octanol–water partition coefficient (Wildman–Crippen LogP) is 3.11. The summed E-state index contributed by atoms with van der Waals surface area (Å²) in [5.74, 6) is -0.172. The summed E-state index contributed by atoms with van der Waals surface area (Å²) in [7, 11) is 0. The fraction of sp³-hybridized carbons (Fsp3) is 0.267. The molecule has 2 aromatic rings. The van der Waals surface area contributed by atoms with Crippen LogP contribution in [-0.2, 0) is 6.42 Å². The van der Waals surface area contributed by atoms with Crippen LogP contribution in [0.1, 0.15) is 24.1 Å². The first-order valence-electron chi connectivity index (χ1n) is 6.13. The Labute approximate surface area is 107 Å². The van der Waals surface area contributed by atoms with Crippen LogP contribution in [0.2, 0.25) is 0 Å². The Morgan fingerprint density at radius 1 is 1.22 bits per heavy atom. The highest BCUT2D eigenvalue weighted by Crippen LogP contribution is 2.10. The average molecular weight is 244 g/mol. The quantitative estimate of drug-likeness (QED) is 0.874. The Morgan fingerprint density at radius 2 is 2.00 bits per heavy atom. The Morgan fingerprint density at radius 3 is 2.72 bits per heavy atom. The smallest absolute Gasteiger partial charge is 0.123 e. The summed E-state index contributed by atoms with van der Waals surface area (Å²) >= 11 is 0. The predicted molar refractivity (Wildman–Crippen MR) is 70.8 cm³/mol. The molecule has 1 N–H and O–H groups in total. The summed E-state index contributed by atoms with van der Waals surface area (Å²) < 4.78 is 13.0. The van der Waals surface area contributed by atoms with E-state index in [2.05, 4.69) is 17.2 Å². The van der Waals surface area contributed by atoms with Crippen LogP contribution in [0.5, 0.6) is 0 Å². The molecule has 0 aliphatic carbocycles. The SMILES string of the molecule is CC(NCCc1cccc(F)c1)c1ccncc1. The van der Waals surface area contributed by atoms with Crippen LogP contribution in [0.4, 0.5) is 4.39 Å². The second kappa shape index (κ2) is 6.26. The third-order valence-corrected chi connectivity index (χ3v) is 2.96. The third-order valence-electron chi connectivity index (χ3n) is 2.96. The van der Waals surface area contributed by atoms with Crippen molar-refractivity contribution in [3.05, 3.63) is 65.7 Å². The average Bonchev–Trinajstić information content (AvgIpc) is 2.40. The van der Waals surface area contributed by atoms with Gasteiger partial charge >= 0.3 is 0 Å². The molecule has 0 amide bonds. The van der Waals surface area contributed by atoms with Gasteiger partial charge in [0.25, 0.3) is 0 Å². The lowest BCUT2D eigenvalue weighted by molar-refractivity contribution is 0.574. The molecule has 1 atom stereocenters. The molecular weight excluding hydrogens is 227 g/mol. The van der Waals surface area contributed by atoms with Crippen LogP contribution < -0.4 is 5.32 Å². The van der Waals surface area contributed by atoms with E-state index in [4.69, 9.17) is 0 Å². The third kappa shape index (κ3) is 3.64. The monoisotopic (exact) mass is 244 g/mol. The Bertz CT molecular complexity index is 485. The number of rotatable bonds is 5. The van der Waals surface area contributed by atoms with E-state index in [0.717, 1.165) is 18.5 Å². The van der Waals surface area contributed by atoms with Crippen LogP contribution in [0.3, 0.4) is 0 Å². The molecule has 0 aliphatic rings. The minimum Gasteiger partial charge on any atom is -0.310 e. The zero-order valence-corrected chi connectivity index (χ0v) is 10.4. The zero-order valence-electron chi connectivity index (χ0n) is 10.4. The molecule has 2 nitrogen and oxygen atoms in total. The molecule has 0 saturated carbocycles. The highest BCUT2D eigenvalue weighted by molar-refractivity contribution is 5.17. The number of benzene rings is 1. The highest BCUT2D eigenvalue weighted by atomic mass is 19.1. The van der Waals surface area contributed by atoms with E-state index in [1.165, 1.54) is 11.6 Å². The summed E-state index contributed by atoms with van der Waals surface area (Å²) in [5, 5.41) is 3.42. The zero-order chi connectivity index (χ0) is 12.8. The molecule has 0 saturated heterocycles. The Hall–Kier alpha value is -1.74. The van der Waals surface area contributed by atoms with Crippen molar-refractivity contribution in [1.29, 1.82) is 0 Å². The first kappa shape index (κ1) is 12.7. The largest absolute Gasteiger partial charge is 0.310 e. The van der Waals surface area contributed by atoms with Gasteiger partial charge in [0.1, 0.15) is 5.82 Å². The van der Waals surface area contributed by atoms with E-state index in [9.17, 15) is 4.39 Å². The maximum atomic E-state index is 13.0. The van der Waals surface area contributed by atoms with E-state index < -0.39 is 0 Å². The van der Waals surface area contributed by atoms with Crippen molar-refractivity contribution in [2.75, 3.05) is 6.54 Å². The van der Waals surface area contributed by atoms with E-state index in [1.807, 2.05) is 18.2 Å². The summed E-state index contributed by atoms with van der Waals surface area (Å²) in [6.45, 7) is 2.94. The van der Waals surface area contributed by atoms with Gasteiger partial charge in [0.2, 0.25) is 0 Å². The number of aromatic nitrogens is 1. The summed E-state index contributed by atoms with van der Waals surface area (Å²) in [4.78, 5) is 4.00. The van der Waals surface area contributed by atoms with Crippen molar-refractivity contribution in [3.63, 3.8) is 0 Å². The molecule has 0 fully saturated rings. The van der Waals surface area contributed by atoms with Crippen molar-refractivity contribution in [1.82, 2.24) is 10.3 Å². The topological polar surface area (TPSA) is 24.9 Å². The summed E-state index contributed by atoms with van der Waals surface area (Å²) in [5.41, 5.74) is 2.23. The van der Waals surface area contributed by atoms with Gasteiger partial charge in [-0.25, -0.2) is 4.39 Å². The van der Waals surface area contributed by atoms with Gasteiger partial charge in [0.05, 0.1) is 0 Å². The van der Waals surface area contributed by atoms with Crippen LogP contribution in [-0.4, -0.2) is 11.5 Å². The molecule has 1 unspecified atom stereocenters. The van der Waals surface area contributed by atoms with Gasteiger partial charge in [0, 0.05) is 18.4 Å². The van der Waals surface area contributed by atoms with Gasteiger partial charge in [-0.15, -0.1) is 0 Å². The lowest BCUT2D eigenvalue weighted by atomic mass is 10.1. The van der Waals surface area contributed by atoms with Gasteiger partial charge in [-0.05, 0) is 55.3 Å². The van der Waals surface area contributed by atoms with Crippen molar-refractivity contribution >= 4 is 0 Å². The number of hydrogen-bond acceptors (Lipinski definition) is 2. The first-order valence-corrected chi connectivity index (χ1v) is 6.13. The molecule has 0 aliphatic heterocycles. The second-order valence-electron chi connectivity index (χ2n) is 4.34. The van der Waals surface area contributed by atoms with Crippen molar-refractivity contribution in [2.24, 2.45) is 0 Å². The van der Waals surface area contributed by atoms with Gasteiger partial charge in [-0.3, -0.25) is 4.98 Å². The van der Waals surface area contributed by atoms with Gasteiger partial charge < -0.3 is 5.32 Å². The fourth-order valence-corrected chi connectivity index (χ4v) is 1.90. The number of halogens is 1. The Balaban J connectivity index is 1.82. The first-order chi connectivity index (χ1) is 8.75. The van der Waals surface area contributed by atoms with Gasteiger partial charge in [-0.1, -0.05) is 12.1 Å². The molecule has 1 aromatic heterocycles. The molecule has 0 radical (unpaired) electrons. The van der Waals surface area contributed by atoms with E-state index in [-0.39, 0.29) is 11.9 Å². The molecular formula is C15H17FN2. The fourth-order valence-electron chi connectivity index (χ4n) is 1.90. The van der Waals surface area contributed by atoms with Gasteiger partial charge in [-0.2, -0.15) is 0 Å². The number of hydrogen-bond donors (Lipinski definition) is 1. The van der Waals surface area contributed by atoms with Crippen LogP contribution in [0, 0.1) is 5.82 Å². The van der Waals surface area contributed by atoms with E-state index in [0.29, 0.717) is 0 Å². The minimum absolute atomic E-state index is 0.172. The van der Waals surface area contributed by atoms with Crippen LogP contribution in [0.15, 0.2) is 48.8 Å². The van der Waals surface area contributed by atoms with E-state index in [1.54, 1.807) is 24.5 Å². The summed E-state index contributed by atoms with van der Waals surface area (Å²) in [6.07, 6.45) is 4.41. The summed E-state index contributed by atoms with van der Waals surface area (Å²) in [6, 6.07) is 11.0. The molecule has 2 rings (SSSR count). The molecule has 1 heterocycles. The van der Waals surface area contributed by atoms with Crippen molar-refractivity contribution in [2.45, 2.75) is 19.4 Å². The van der Waals surface area contributed by atoms with Crippen molar-refractivity contribution < 1.29 is 4.39 Å². The lowest BCUT2D eigenvalue weighted by Crippen LogP contribution is -2.21. The second-order valence-corrected chi connectivity index (χ2v) is 4.34. The highest BCUT2D eigenvalue weighted by Gasteiger charge is 2.03. The van der Waals surface area contributed by atoms with Crippen molar-refractivity contribution in [3.8, 4) is 0 Å². The molecule has 1 aromatic carbocycles. The van der Waals surface area contributed by atoms with Crippen LogP contribution in [0.25, 0.3) is 0 Å². The van der Waals surface area contributed by atoms with Crippen LogP contribution >= 0.6 is 0 Å². The molecule has 0 spiro atoms. The standard InChI is InChI=1S/C15H17FN2/c1-12(14-6-8-17-9-7-14)18-10-5-13-3-2-4-15(16)11-13/h2-4,6-9,11-12,18H,5,10H2,1H3. The number of nitrogens with one attached hydrogen (secondary N) is 1. The molecule has 94 valence electrons. The molecule has 3 heteroatoms. The number of pyridine rings is 1. The maximum Gasteiger partial charge on any atom is 0.123 e. The lowest BCUT2D eigenvalue weighted by Gasteiger charge is -2.13. The molecule has 0 bridgehead atoms. The Kier molecular flexibility index (Phi) is 4.42. The minimum atomic E-state index is -0.172. The van der Waals surface area contributed by atoms with E-state index >= 15 is 0 Å². The molecule has 18 heavy (non-hydrogen) atoms. The number of nitrogens with zero attached hydrogens (tertiary/aromatic N) is 1.